The molecule has 1 amide bonds. The van der Waals surface area contributed by atoms with E-state index in [1.807, 2.05) is 41.7 Å². The third-order valence-electron chi connectivity index (χ3n) is 6.08. The molecule has 2 heterocycles. The van der Waals surface area contributed by atoms with E-state index in [4.69, 9.17) is 0 Å². The fourth-order valence-corrected chi connectivity index (χ4v) is 4.29. The zero-order chi connectivity index (χ0) is 18.3. The van der Waals surface area contributed by atoms with E-state index in [-0.39, 0.29) is 11.9 Å². The van der Waals surface area contributed by atoms with Gasteiger partial charge in [0.25, 0.3) is 5.91 Å². The van der Waals surface area contributed by atoms with E-state index >= 15 is 0 Å². The standard InChI is InChI=1S/C19H27N5O2/c1-13-7-10-23(2)17(13)18(25)20-15-6-3-5-14(15)11-24-12-16(21-22-24)19(26)8-4-9-19/h7,10,12,14-15,26H,3-6,8-9,11H2,1-2H3,(H,20,25)/t14-,15-/m1/s1. The first-order valence-electron chi connectivity index (χ1n) is 9.52. The van der Waals surface area contributed by atoms with Gasteiger partial charge in [-0.1, -0.05) is 11.6 Å². The molecule has 2 fully saturated rings. The number of hydrogen-bond donors (Lipinski definition) is 2. The van der Waals surface area contributed by atoms with Crippen LogP contribution in [-0.4, -0.2) is 36.6 Å². The Balaban J connectivity index is 1.41. The molecule has 0 unspecified atom stereocenters. The third kappa shape index (κ3) is 3.05. The van der Waals surface area contributed by atoms with Crippen molar-refractivity contribution in [2.45, 2.75) is 63.6 Å². The molecule has 0 spiro atoms. The van der Waals surface area contributed by atoms with Crippen LogP contribution in [0.15, 0.2) is 18.5 Å². The average Bonchev–Trinajstić information content (AvgIpc) is 3.28. The van der Waals surface area contributed by atoms with Crippen molar-refractivity contribution in [1.82, 2.24) is 24.9 Å². The van der Waals surface area contributed by atoms with Gasteiger partial charge in [0.15, 0.2) is 0 Å². The highest BCUT2D eigenvalue weighted by Crippen LogP contribution is 2.39. The van der Waals surface area contributed by atoms with Gasteiger partial charge >= 0.3 is 0 Å². The van der Waals surface area contributed by atoms with Crippen LogP contribution in [0.2, 0.25) is 0 Å². The largest absolute Gasteiger partial charge is 0.383 e. The summed E-state index contributed by atoms with van der Waals surface area (Å²) in [6.45, 7) is 2.68. The molecule has 0 radical (unpaired) electrons. The maximum atomic E-state index is 12.7. The van der Waals surface area contributed by atoms with Crippen molar-refractivity contribution in [2.24, 2.45) is 13.0 Å². The fourth-order valence-electron chi connectivity index (χ4n) is 4.29. The van der Waals surface area contributed by atoms with Gasteiger partial charge in [0, 0.05) is 25.8 Å². The normalized spacial score (nSPS) is 24.4. The summed E-state index contributed by atoms with van der Waals surface area (Å²) in [6, 6.07) is 2.11. The zero-order valence-corrected chi connectivity index (χ0v) is 15.5. The number of amides is 1. The molecular weight excluding hydrogens is 330 g/mol. The second-order valence-corrected chi connectivity index (χ2v) is 7.94. The number of rotatable bonds is 5. The van der Waals surface area contributed by atoms with Crippen molar-refractivity contribution < 1.29 is 9.90 Å². The predicted molar refractivity (Wildman–Crippen MR) is 96.5 cm³/mol. The zero-order valence-electron chi connectivity index (χ0n) is 15.5. The second-order valence-electron chi connectivity index (χ2n) is 7.94. The van der Waals surface area contributed by atoms with Crippen LogP contribution in [0.4, 0.5) is 0 Å². The maximum absolute atomic E-state index is 12.7. The van der Waals surface area contributed by atoms with Gasteiger partial charge in [0.05, 0.1) is 6.20 Å². The lowest BCUT2D eigenvalue weighted by molar-refractivity contribution is -0.0427. The van der Waals surface area contributed by atoms with Gasteiger partial charge in [-0.25, -0.2) is 0 Å². The Morgan fingerprint density at radius 1 is 1.38 bits per heavy atom. The molecule has 7 nitrogen and oxygen atoms in total. The Bertz CT molecular complexity index is 785. The SMILES string of the molecule is Cc1ccn(C)c1C(=O)N[C@@H]1CCC[C@@H]1Cn1cc(C2(O)CCC2)nn1. The van der Waals surface area contributed by atoms with Crippen LogP contribution in [0.5, 0.6) is 0 Å². The number of hydrogen-bond acceptors (Lipinski definition) is 4. The van der Waals surface area contributed by atoms with E-state index in [1.165, 1.54) is 0 Å². The lowest BCUT2D eigenvalue weighted by atomic mass is 9.78. The minimum Gasteiger partial charge on any atom is -0.383 e. The Morgan fingerprint density at radius 3 is 2.85 bits per heavy atom. The highest BCUT2D eigenvalue weighted by Gasteiger charge is 2.39. The highest BCUT2D eigenvalue weighted by atomic mass is 16.3. The lowest BCUT2D eigenvalue weighted by Crippen LogP contribution is -2.39. The van der Waals surface area contributed by atoms with Gasteiger partial charge in [-0.3, -0.25) is 9.48 Å². The summed E-state index contributed by atoms with van der Waals surface area (Å²) < 4.78 is 3.70. The number of aromatic nitrogens is 4. The quantitative estimate of drug-likeness (QED) is 0.856. The van der Waals surface area contributed by atoms with Crippen molar-refractivity contribution >= 4 is 5.91 Å². The Hall–Kier alpha value is -2.15. The molecule has 26 heavy (non-hydrogen) atoms. The smallest absolute Gasteiger partial charge is 0.268 e. The van der Waals surface area contributed by atoms with Crippen LogP contribution in [-0.2, 0) is 19.2 Å². The molecule has 0 bridgehead atoms. The molecule has 2 aromatic rings. The Labute approximate surface area is 153 Å². The molecule has 0 aromatic carbocycles. The van der Waals surface area contributed by atoms with Crippen molar-refractivity contribution in [3.63, 3.8) is 0 Å². The monoisotopic (exact) mass is 357 g/mol. The molecule has 0 aliphatic heterocycles. The van der Waals surface area contributed by atoms with Crippen LogP contribution in [0, 0.1) is 12.8 Å². The van der Waals surface area contributed by atoms with Crippen LogP contribution in [0.25, 0.3) is 0 Å². The summed E-state index contributed by atoms with van der Waals surface area (Å²) in [5.41, 5.74) is 1.63. The van der Waals surface area contributed by atoms with Gasteiger partial charge in [-0.2, -0.15) is 0 Å². The molecule has 7 heteroatoms. The Kier molecular flexibility index (Phi) is 4.34. The number of nitrogens with zero attached hydrogens (tertiary/aromatic N) is 4. The van der Waals surface area contributed by atoms with Gasteiger partial charge in [0.1, 0.15) is 17.0 Å². The van der Waals surface area contributed by atoms with E-state index in [9.17, 15) is 9.90 Å². The van der Waals surface area contributed by atoms with Crippen LogP contribution in [0.1, 0.15) is 60.3 Å². The first-order chi connectivity index (χ1) is 12.5. The van der Waals surface area contributed by atoms with Crippen molar-refractivity contribution in [2.75, 3.05) is 0 Å². The molecule has 2 aromatic heterocycles. The summed E-state index contributed by atoms with van der Waals surface area (Å²) >= 11 is 0. The molecule has 2 N–H and O–H groups in total. The van der Waals surface area contributed by atoms with Crippen LogP contribution >= 0.6 is 0 Å². The average molecular weight is 357 g/mol. The van der Waals surface area contributed by atoms with E-state index in [2.05, 4.69) is 15.6 Å². The summed E-state index contributed by atoms with van der Waals surface area (Å²) in [5, 5.41) is 22.0. The number of nitrogens with one attached hydrogen (secondary N) is 1. The summed E-state index contributed by atoms with van der Waals surface area (Å²) in [7, 11) is 1.90. The first-order valence-corrected chi connectivity index (χ1v) is 9.52. The number of carbonyl (C=O) groups is 1. The van der Waals surface area contributed by atoms with Crippen molar-refractivity contribution in [3.05, 3.63) is 35.4 Å². The third-order valence-corrected chi connectivity index (χ3v) is 6.08. The molecule has 2 aliphatic rings. The number of carbonyl (C=O) groups excluding carboxylic acids is 1. The second kappa shape index (κ2) is 6.54. The summed E-state index contributed by atoms with van der Waals surface area (Å²) in [4.78, 5) is 12.7. The van der Waals surface area contributed by atoms with Crippen molar-refractivity contribution in [3.8, 4) is 0 Å². The molecule has 2 aliphatic carbocycles. The molecule has 140 valence electrons. The molecule has 0 saturated heterocycles. The fraction of sp³-hybridized carbons (Fsp3) is 0.632. The highest BCUT2D eigenvalue weighted by molar-refractivity contribution is 5.94. The van der Waals surface area contributed by atoms with E-state index in [0.717, 1.165) is 56.3 Å². The molecule has 2 saturated carbocycles. The lowest BCUT2D eigenvalue weighted by Gasteiger charge is -2.34. The van der Waals surface area contributed by atoms with Gasteiger partial charge in [0.2, 0.25) is 0 Å². The maximum Gasteiger partial charge on any atom is 0.268 e. The van der Waals surface area contributed by atoms with E-state index < -0.39 is 5.60 Å². The Morgan fingerprint density at radius 2 is 2.19 bits per heavy atom. The minimum atomic E-state index is -0.772. The molecule has 4 rings (SSSR count). The van der Waals surface area contributed by atoms with E-state index in [1.54, 1.807) is 0 Å². The number of aryl methyl sites for hydroxylation is 2. The van der Waals surface area contributed by atoms with Crippen LogP contribution in [0.3, 0.4) is 0 Å². The molecule has 2 atom stereocenters. The van der Waals surface area contributed by atoms with Gasteiger partial charge < -0.3 is 15.0 Å². The topological polar surface area (TPSA) is 85.0 Å². The summed E-state index contributed by atoms with van der Waals surface area (Å²) in [5.74, 6) is 0.333. The van der Waals surface area contributed by atoms with Gasteiger partial charge in [-0.05, 0) is 56.6 Å². The van der Waals surface area contributed by atoms with E-state index in [0.29, 0.717) is 11.6 Å². The number of aliphatic hydroxyl groups is 1. The van der Waals surface area contributed by atoms with Crippen molar-refractivity contribution in [1.29, 1.82) is 0 Å². The van der Waals surface area contributed by atoms with Gasteiger partial charge in [-0.15, -0.1) is 5.10 Å². The molecular formula is C19H27N5O2. The minimum absolute atomic E-state index is 0.00467. The van der Waals surface area contributed by atoms with Crippen LogP contribution < -0.4 is 5.32 Å². The first kappa shape index (κ1) is 17.3. The summed E-state index contributed by atoms with van der Waals surface area (Å²) in [6.07, 6.45) is 9.53. The predicted octanol–water partition coefficient (Wildman–Crippen LogP) is 1.90.